The van der Waals surface area contributed by atoms with Gasteiger partial charge < -0.3 is 23.8 Å². The lowest BCUT2D eigenvalue weighted by Gasteiger charge is -2.32. The molecule has 1 atom stereocenters. The lowest BCUT2D eigenvalue weighted by atomic mass is 9.97. The number of nitro groups is 2. The third-order valence-electron chi connectivity index (χ3n) is 6.64. The number of nitro benzene ring substituents is 2. The summed E-state index contributed by atoms with van der Waals surface area (Å²) in [4.78, 5) is 72.6. The van der Waals surface area contributed by atoms with Crippen LogP contribution in [0.25, 0.3) is 0 Å². The highest BCUT2D eigenvalue weighted by Gasteiger charge is 2.35. The van der Waals surface area contributed by atoms with E-state index in [0.717, 1.165) is 0 Å². The van der Waals surface area contributed by atoms with E-state index in [1.165, 1.54) is 67.3 Å². The summed E-state index contributed by atoms with van der Waals surface area (Å²) >= 11 is 0. The predicted octanol–water partition coefficient (Wildman–Crippen LogP) is 4.04. The van der Waals surface area contributed by atoms with Crippen LogP contribution in [0.1, 0.15) is 43.9 Å². The van der Waals surface area contributed by atoms with E-state index in [1.54, 1.807) is 0 Å². The molecule has 0 bridgehead atoms. The number of ether oxygens (including phenoxy) is 4. The first kappa shape index (κ1) is 33.2. The van der Waals surface area contributed by atoms with Gasteiger partial charge in [0.05, 0.1) is 26.9 Å². The quantitative estimate of drug-likeness (QED) is 0.110. The number of carbonyl (C=O) groups excluding carboxylic acids is 4. The van der Waals surface area contributed by atoms with Crippen molar-refractivity contribution in [3.63, 3.8) is 0 Å². The number of likely N-dealkylation sites (tertiary alicyclic amines) is 1. The molecule has 1 aliphatic heterocycles. The third-order valence-corrected chi connectivity index (χ3v) is 6.64. The van der Waals surface area contributed by atoms with Crippen molar-refractivity contribution < 1.29 is 48.0 Å². The molecular formula is C29H31N3O12. The van der Waals surface area contributed by atoms with Crippen molar-refractivity contribution in [2.75, 3.05) is 26.3 Å². The predicted molar refractivity (Wildman–Crippen MR) is 151 cm³/mol. The summed E-state index contributed by atoms with van der Waals surface area (Å²) in [7, 11) is 0. The topological polar surface area (TPSA) is 195 Å². The van der Waals surface area contributed by atoms with Crippen LogP contribution in [0.2, 0.25) is 0 Å². The SMILES string of the molecule is C=C(C)C(=O)OCC(COC(C)=O)OC(=O)C1CCN(C(=O)OC(c2ccccc2[N+](=O)[O-])c2ccccc2[N+](=O)[O-])CC1. The van der Waals surface area contributed by atoms with Crippen LogP contribution in [0.15, 0.2) is 60.7 Å². The number of nitrogens with zero attached hydrogens (tertiary/aromatic N) is 3. The maximum Gasteiger partial charge on any atom is 0.410 e. The van der Waals surface area contributed by atoms with Gasteiger partial charge in [-0.25, -0.2) is 9.59 Å². The number of esters is 3. The molecule has 1 saturated heterocycles. The van der Waals surface area contributed by atoms with Gasteiger partial charge in [0.25, 0.3) is 11.4 Å². The molecule has 0 spiro atoms. The maximum atomic E-state index is 13.3. The second-order valence-corrected chi connectivity index (χ2v) is 9.90. The fourth-order valence-corrected chi connectivity index (χ4v) is 4.40. The Balaban J connectivity index is 1.71. The third kappa shape index (κ3) is 8.83. The zero-order valence-electron chi connectivity index (χ0n) is 24.0. The van der Waals surface area contributed by atoms with Crippen LogP contribution in [-0.2, 0) is 33.3 Å². The zero-order valence-corrected chi connectivity index (χ0v) is 24.0. The molecule has 0 radical (unpaired) electrons. The van der Waals surface area contributed by atoms with Gasteiger partial charge in [-0.15, -0.1) is 0 Å². The number of benzene rings is 2. The van der Waals surface area contributed by atoms with Crippen molar-refractivity contribution in [3.8, 4) is 0 Å². The van der Waals surface area contributed by atoms with Gasteiger partial charge in [0, 0.05) is 37.7 Å². The van der Waals surface area contributed by atoms with E-state index in [1.807, 2.05) is 0 Å². The maximum absolute atomic E-state index is 13.3. The first-order chi connectivity index (χ1) is 20.9. The second-order valence-electron chi connectivity index (χ2n) is 9.90. The molecule has 1 unspecified atom stereocenters. The van der Waals surface area contributed by atoms with Crippen molar-refractivity contribution in [2.45, 2.75) is 38.9 Å². The van der Waals surface area contributed by atoms with Gasteiger partial charge in [-0.05, 0) is 31.9 Å². The Morgan fingerprint density at radius 1 is 0.864 bits per heavy atom. The van der Waals surface area contributed by atoms with Crippen molar-refractivity contribution >= 4 is 35.4 Å². The normalized spacial score (nSPS) is 13.8. The van der Waals surface area contributed by atoms with E-state index >= 15 is 0 Å². The monoisotopic (exact) mass is 613 g/mol. The molecule has 15 nitrogen and oxygen atoms in total. The van der Waals surface area contributed by atoms with Crippen molar-refractivity contribution in [1.29, 1.82) is 0 Å². The summed E-state index contributed by atoms with van der Waals surface area (Å²) in [6.45, 7) is 5.46. The Morgan fingerprint density at radius 2 is 1.36 bits per heavy atom. The van der Waals surface area contributed by atoms with Crippen LogP contribution in [-0.4, -0.2) is 71.2 Å². The minimum atomic E-state index is -1.47. The molecule has 1 aliphatic rings. The minimum absolute atomic E-state index is 0.0400. The molecule has 44 heavy (non-hydrogen) atoms. The number of para-hydroxylation sites is 2. The van der Waals surface area contributed by atoms with E-state index in [4.69, 9.17) is 18.9 Å². The van der Waals surface area contributed by atoms with Crippen LogP contribution in [0.4, 0.5) is 16.2 Å². The number of rotatable bonds is 12. The van der Waals surface area contributed by atoms with E-state index in [2.05, 4.69) is 6.58 Å². The molecule has 1 amide bonds. The van der Waals surface area contributed by atoms with Crippen LogP contribution < -0.4 is 0 Å². The van der Waals surface area contributed by atoms with Gasteiger partial charge >= 0.3 is 24.0 Å². The summed E-state index contributed by atoms with van der Waals surface area (Å²) in [6, 6.07) is 10.9. The van der Waals surface area contributed by atoms with E-state index < -0.39 is 52.0 Å². The Morgan fingerprint density at radius 3 is 1.84 bits per heavy atom. The van der Waals surface area contributed by atoms with Crippen molar-refractivity contribution in [2.24, 2.45) is 5.92 Å². The van der Waals surface area contributed by atoms with Crippen molar-refractivity contribution in [1.82, 2.24) is 4.90 Å². The summed E-state index contributed by atoms with van der Waals surface area (Å²) in [6.07, 6.45) is -3.13. The lowest BCUT2D eigenvalue weighted by Crippen LogP contribution is -2.42. The zero-order chi connectivity index (χ0) is 32.4. The summed E-state index contributed by atoms with van der Waals surface area (Å²) in [5.74, 6) is -2.64. The van der Waals surface area contributed by atoms with Crippen LogP contribution in [0, 0.1) is 26.1 Å². The summed E-state index contributed by atoms with van der Waals surface area (Å²) in [5, 5.41) is 23.5. The average molecular weight is 614 g/mol. The molecule has 0 aromatic heterocycles. The Hall–Kier alpha value is -5.34. The van der Waals surface area contributed by atoms with Gasteiger partial charge in [-0.1, -0.05) is 30.8 Å². The second kappa shape index (κ2) is 15.2. The molecule has 0 N–H and O–H groups in total. The van der Waals surface area contributed by atoms with Gasteiger partial charge in [0.1, 0.15) is 13.2 Å². The Bertz CT molecular complexity index is 1380. The Kier molecular flexibility index (Phi) is 11.5. The van der Waals surface area contributed by atoms with Crippen molar-refractivity contribution in [3.05, 3.63) is 92.0 Å². The van der Waals surface area contributed by atoms with E-state index in [-0.39, 0.29) is 67.2 Å². The average Bonchev–Trinajstić information content (AvgIpc) is 3.00. The fourth-order valence-electron chi connectivity index (χ4n) is 4.40. The first-order valence-electron chi connectivity index (χ1n) is 13.5. The number of piperidine rings is 1. The van der Waals surface area contributed by atoms with Crippen LogP contribution in [0.5, 0.6) is 0 Å². The van der Waals surface area contributed by atoms with E-state index in [0.29, 0.717) is 0 Å². The van der Waals surface area contributed by atoms with E-state index in [9.17, 15) is 39.4 Å². The molecule has 1 fully saturated rings. The lowest BCUT2D eigenvalue weighted by molar-refractivity contribution is -0.387. The van der Waals surface area contributed by atoms with Gasteiger partial charge in [-0.3, -0.25) is 29.8 Å². The standard InChI is InChI=1S/C29H31N3O12/c1-18(2)27(34)42-17-21(16-41-19(3)33)43-28(35)20-12-14-30(15-13-20)29(36)44-26(22-8-4-6-10-24(22)31(37)38)23-9-5-7-11-25(23)32(39)40/h4-11,20-21,26H,1,12-17H2,2-3H3. The van der Waals surface area contributed by atoms with Gasteiger partial charge in [-0.2, -0.15) is 0 Å². The molecule has 1 heterocycles. The van der Waals surface area contributed by atoms with Gasteiger partial charge in [0.2, 0.25) is 0 Å². The first-order valence-corrected chi connectivity index (χ1v) is 13.5. The fraction of sp³-hybridized carbons (Fsp3) is 0.379. The van der Waals surface area contributed by atoms with Crippen LogP contribution >= 0.6 is 0 Å². The molecule has 2 aromatic rings. The number of carbonyl (C=O) groups is 4. The molecule has 2 aromatic carbocycles. The van der Waals surface area contributed by atoms with Crippen LogP contribution in [0.3, 0.4) is 0 Å². The number of amides is 1. The number of hydrogen-bond donors (Lipinski definition) is 0. The largest absolute Gasteiger partial charge is 0.462 e. The summed E-state index contributed by atoms with van der Waals surface area (Å²) < 4.78 is 21.1. The molecule has 15 heteroatoms. The highest BCUT2D eigenvalue weighted by Crippen LogP contribution is 2.37. The smallest absolute Gasteiger partial charge is 0.410 e. The highest BCUT2D eigenvalue weighted by molar-refractivity contribution is 5.87. The molecule has 0 aliphatic carbocycles. The molecular weight excluding hydrogens is 582 g/mol. The van der Waals surface area contributed by atoms with Gasteiger partial charge in [0.15, 0.2) is 12.2 Å². The molecule has 3 rings (SSSR count). The molecule has 234 valence electrons. The number of hydrogen-bond acceptors (Lipinski definition) is 12. The summed E-state index contributed by atoms with van der Waals surface area (Å²) in [5.41, 5.74) is -0.744. The Labute approximate surface area is 251 Å². The molecule has 0 saturated carbocycles. The minimum Gasteiger partial charge on any atom is -0.462 e. The highest BCUT2D eigenvalue weighted by atomic mass is 16.6.